The molecule has 0 aliphatic carbocycles. The first-order valence-corrected chi connectivity index (χ1v) is 8.35. The van der Waals surface area contributed by atoms with Gasteiger partial charge >= 0.3 is 6.09 Å². The number of benzene rings is 1. The fourth-order valence-electron chi connectivity index (χ4n) is 3.07. The molecule has 0 aromatic heterocycles. The minimum absolute atomic E-state index is 0.234. The van der Waals surface area contributed by atoms with E-state index in [0.29, 0.717) is 19.1 Å². The van der Waals surface area contributed by atoms with Gasteiger partial charge in [0.2, 0.25) is 0 Å². The largest absolute Gasteiger partial charge is 0.444 e. The van der Waals surface area contributed by atoms with Crippen LogP contribution in [-0.2, 0) is 22.4 Å². The fraction of sp³-hybridized carbons (Fsp3) is 0.611. The van der Waals surface area contributed by atoms with Crippen LogP contribution in [0.5, 0.6) is 0 Å². The second-order valence-corrected chi connectivity index (χ2v) is 7.30. The summed E-state index contributed by atoms with van der Waals surface area (Å²) in [6, 6.07) is 6.69. The quantitative estimate of drug-likeness (QED) is 0.910. The molecule has 2 aliphatic heterocycles. The highest BCUT2D eigenvalue weighted by molar-refractivity contribution is 5.70. The Hall–Kier alpha value is -1.75. The summed E-state index contributed by atoms with van der Waals surface area (Å²) < 4.78 is 11.0. The number of anilines is 1. The standard InChI is InChI=1S/C18H26N2O3/c1-18(2,3)23-17(21)20-9-7-13-5-4-6-16(15(13)11-20)19-14-8-10-22-12-14/h4-6,14,19H,7-12H2,1-3H3/t14-/m0/s1. The van der Waals surface area contributed by atoms with Gasteiger partial charge in [-0.05, 0) is 50.8 Å². The van der Waals surface area contributed by atoms with Crippen molar-refractivity contribution in [3.05, 3.63) is 29.3 Å². The van der Waals surface area contributed by atoms with Crippen molar-refractivity contribution in [3.8, 4) is 0 Å². The first-order valence-electron chi connectivity index (χ1n) is 8.35. The van der Waals surface area contributed by atoms with Gasteiger partial charge in [-0.15, -0.1) is 0 Å². The molecule has 1 aromatic rings. The highest BCUT2D eigenvalue weighted by Gasteiger charge is 2.27. The van der Waals surface area contributed by atoms with Gasteiger partial charge in [-0.2, -0.15) is 0 Å². The van der Waals surface area contributed by atoms with Crippen LogP contribution in [0.15, 0.2) is 18.2 Å². The van der Waals surface area contributed by atoms with Gasteiger partial charge in [0, 0.05) is 18.8 Å². The molecule has 126 valence electrons. The smallest absolute Gasteiger partial charge is 0.410 e. The van der Waals surface area contributed by atoms with Crippen molar-refractivity contribution in [1.82, 2.24) is 4.90 Å². The van der Waals surface area contributed by atoms with E-state index in [1.807, 2.05) is 20.8 Å². The van der Waals surface area contributed by atoms with Crippen LogP contribution < -0.4 is 5.32 Å². The number of rotatable bonds is 2. The van der Waals surface area contributed by atoms with Gasteiger partial charge in [0.05, 0.1) is 19.2 Å². The average molecular weight is 318 g/mol. The van der Waals surface area contributed by atoms with Gasteiger partial charge in [0.25, 0.3) is 0 Å². The molecule has 2 heterocycles. The lowest BCUT2D eigenvalue weighted by atomic mass is 9.97. The third-order valence-corrected chi connectivity index (χ3v) is 4.21. The summed E-state index contributed by atoms with van der Waals surface area (Å²) in [5.41, 5.74) is 3.17. The molecule has 1 atom stereocenters. The van der Waals surface area contributed by atoms with Gasteiger partial charge < -0.3 is 19.7 Å². The summed E-state index contributed by atoms with van der Waals surface area (Å²) >= 11 is 0. The molecule has 1 saturated heterocycles. The zero-order valence-corrected chi connectivity index (χ0v) is 14.2. The van der Waals surface area contributed by atoms with Crippen LogP contribution >= 0.6 is 0 Å². The van der Waals surface area contributed by atoms with Crippen LogP contribution in [0.25, 0.3) is 0 Å². The Morgan fingerprint density at radius 3 is 2.91 bits per heavy atom. The molecule has 1 N–H and O–H groups in total. The second-order valence-electron chi connectivity index (χ2n) is 7.30. The lowest BCUT2D eigenvalue weighted by Gasteiger charge is -2.32. The van der Waals surface area contributed by atoms with Gasteiger partial charge in [-0.25, -0.2) is 4.79 Å². The van der Waals surface area contributed by atoms with Gasteiger partial charge in [0.1, 0.15) is 5.60 Å². The molecular formula is C18H26N2O3. The zero-order valence-electron chi connectivity index (χ0n) is 14.2. The summed E-state index contributed by atoms with van der Waals surface area (Å²) in [7, 11) is 0. The highest BCUT2D eigenvalue weighted by atomic mass is 16.6. The van der Waals surface area contributed by atoms with E-state index in [1.54, 1.807) is 4.90 Å². The van der Waals surface area contributed by atoms with Gasteiger partial charge in [-0.1, -0.05) is 12.1 Å². The monoisotopic (exact) mass is 318 g/mol. The van der Waals surface area contributed by atoms with E-state index in [4.69, 9.17) is 9.47 Å². The van der Waals surface area contributed by atoms with Crippen molar-refractivity contribution in [2.75, 3.05) is 25.1 Å². The second kappa shape index (κ2) is 6.40. The number of nitrogens with zero attached hydrogens (tertiary/aromatic N) is 1. The van der Waals surface area contributed by atoms with E-state index in [1.165, 1.54) is 11.1 Å². The summed E-state index contributed by atoms with van der Waals surface area (Å²) in [6.07, 6.45) is 1.66. The Kier molecular flexibility index (Phi) is 4.48. The lowest BCUT2D eigenvalue weighted by Crippen LogP contribution is -2.40. The van der Waals surface area contributed by atoms with E-state index in [2.05, 4.69) is 23.5 Å². The Morgan fingerprint density at radius 2 is 2.22 bits per heavy atom. The summed E-state index contributed by atoms with van der Waals surface area (Å²) in [6.45, 7) is 8.57. The Labute approximate surface area is 137 Å². The molecule has 5 heteroatoms. The number of amides is 1. The number of hydrogen-bond acceptors (Lipinski definition) is 4. The van der Waals surface area contributed by atoms with Gasteiger partial charge in [-0.3, -0.25) is 0 Å². The van der Waals surface area contributed by atoms with Crippen LogP contribution in [0.2, 0.25) is 0 Å². The molecule has 23 heavy (non-hydrogen) atoms. The Balaban J connectivity index is 1.74. The van der Waals surface area contributed by atoms with Gasteiger partial charge in [0.15, 0.2) is 0 Å². The van der Waals surface area contributed by atoms with Crippen LogP contribution in [0.4, 0.5) is 10.5 Å². The molecule has 1 fully saturated rings. The van der Waals surface area contributed by atoms with E-state index < -0.39 is 5.60 Å². The number of fused-ring (bicyclic) bond motifs is 1. The SMILES string of the molecule is CC(C)(C)OC(=O)N1CCc2cccc(N[C@H]3CCOC3)c2C1. The van der Waals surface area contributed by atoms with E-state index in [0.717, 1.165) is 31.7 Å². The van der Waals surface area contributed by atoms with Crippen LogP contribution in [-0.4, -0.2) is 42.4 Å². The molecule has 3 rings (SSSR count). The highest BCUT2D eigenvalue weighted by Crippen LogP contribution is 2.28. The topological polar surface area (TPSA) is 50.8 Å². The number of carbonyl (C=O) groups excluding carboxylic acids is 1. The molecule has 2 aliphatic rings. The molecule has 0 spiro atoms. The predicted octanol–water partition coefficient (Wildman–Crippen LogP) is 3.18. The van der Waals surface area contributed by atoms with Crippen molar-refractivity contribution in [2.24, 2.45) is 0 Å². The molecule has 0 radical (unpaired) electrons. The zero-order chi connectivity index (χ0) is 16.4. The summed E-state index contributed by atoms with van der Waals surface area (Å²) in [4.78, 5) is 14.1. The van der Waals surface area contributed by atoms with Crippen molar-refractivity contribution in [1.29, 1.82) is 0 Å². The van der Waals surface area contributed by atoms with Crippen molar-refractivity contribution in [3.63, 3.8) is 0 Å². The van der Waals surface area contributed by atoms with E-state index >= 15 is 0 Å². The molecule has 0 bridgehead atoms. The number of carbonyl (C=O) groups is 1. The molecular weight excluding hydrogens is 292 g/mol. The molecule has 5 nitrogen and oxygen atoms in total. The summed E-state index contributed by atoms with van der Waals surface area (Å²) in [5.74, 6) is 0. The Bertz CT molecular complexity index is 574. The Morgan fingerprint density at radius 1 is 1.39 bits per heavy atom. The van der Waals surface area contributed by atoms with Crippen molar-refractivity contribution < 1.29 is 14.3 Å². The predicted molar refractivity (Wildman–Crippen MR) is 89.6 cm³/mol. The maximum absolute atomic E-state index is 12.3. The lowest BCUT2D eigenvalue weighted by molar-refractivity contribution is 0.0224. The first-order chi connectivity index (χ1) is 10.9. The van der Waals surface area contributed by atoms with Crippen molar-refractivity contribution in [2.45, 2.75) is 51.8 Å². The summed E-state index contributed by atoms with van der Waals surface area (Å²) in [5, 5.41) is 3.57. The number of nitrogens with one attached hydrogen (secondary N) is 1. The maximum atomic E-state index is 12.3. The minimum atomic E-state index is -0.462. The van der Waals surface area contributed by atoms with E-state index in [-0.39, 0.29) is 6.09 Å². The normalized spacial score (nSPS) is 21.0. The molecule has 0 unspecified atom stereocenters. The van der Waals surface area contributed by atoms with E-state index in [9.17, 15) is 4.79 Å². The molecule has 1 amide bonds. The molecule has 1 aromatic carbocycles. The fourth-order valence-corrected chi connectivity index (χ4v) is 3.07. The van der Waals surface area contributed by atoms with Crippen LogP contribution in [0.1, 0.15) is 38.3 Å². The van der Waals surface area contributed by atoms with Crippen LogP contribution in [0, 0.1) is 0 Å². The first kappa shape index (κ1) is 16.1. The minimum Gasteiger partial charge on any atom is -0.444 e. The average Bonchev–Trinajstić information content (AvgIpc) is 2.98. The number of ether oxygens (including phenoxy) is 2. The third-order valence-electron chi connectivity index (χ3n) is 4.21. The number of hydrogen-bond donors (Lipinski definition) is 1. The molecule has 0 saturated carbocycles. The van der Waals surface area contributed by atoms with Crippen LogP contribution in [0.3, 0.4) is 0 Å². The third kappa shape index (κ3) is 3.96. The van der Waals surface area contributed by atoms with Crippen molar-refractivity contribution >= 4 is 11.8 Å². The maximum Gasteiger partial charge on any atom is 0.410 e.